The molecule has 1 amide bonds. The van der Waals surface area contributed by atoms with E-state index in [0.29, 0.717) is 24.6 Å². The largest absolute Gasteiger partial charge is 0.508 e. The topological polar surface area (TPSA) is 40.5 Å². The molecule has 1 heterocycles. The number of carbonyl (C=O) groups is 1. The van der Waals surface area contributed by atoms with Crippen molar-refractivity contribution in [3.63, 3.8) is 0 Å². The standard InChI is InChI=1S/C18H18FNO2/c19-16-5-1-13(2-6-16)14-9-11-20(12-10-14)18(22)15-3-7-17(21)8-4-15/h1-8,14,21H,9-12H2. The van der Waals surface area contributed by atoms with Crippen molar-refractivity contribution >= 4 is 5.91 Å². The molecular weight excluding hydrogens is 281 g/mol. The van der Waals surface area contributed by atoms with Crippen LogP contribution in [0.1, 0.15) is 34.7 Å². The van der Waals surface area contributed by atoms with Crippen LogP contribution in [0.25, 0.3) is 0 Å². The molecule has 0 bridgehead atoms. The molecule has 0 atom stereocenters. The highest BCUT2D eigenvalue weighted by Crippen LogP contribution is 2.28. The van der Waals surface area contributed by atoms with Crippen LogP contribution in [0.3, 0.4) is 0 Å². The summed E-state index contributed by atoms with van der Waals surface area (Å²) in [5.41, 5.74) is 1.73. The Bertz CT molecular complexity index is 644. The van der Waals surface area contributed by atoms with Crippen molar-refractivity contribution in [1.82, 2.24) is 4.90 Å². The van der Waals surface area contributed by atoms with E-state index in [-0.39, 0.29) is 17.5 Å². The Balaban J connectivity index is 1.62. The zero-order valence-corrected chi connectivity index (χ0v) is 12.2. The Labute approximate surface area is 129 Å². The summed E-state index contributed by atoms with van der Waals surface area (Å²) in [6, 6.07) is 13.0. The molecule has 0 unspecified atom stereocenters. The van der Waals surface area contributed by atoms with Crippen LogP contribution in [0.15, 0.2) is 48.5 Å². The Hall–Kier alpha value is -2.36. The smallest absolute Gasteiger partial charge is 0.253 e. The number of carbonyl (C=O) groups excluding carboxylic acids is 1. The second-order valence-electron chi connectivity index (χ2n) is 5.66. The number of halogens is 1. The zero-order chi connectivity index (χ0) is 15.5. The molecule has 2 aromatic carbocycles. The van der Waals surface area contributed by atoms with Gasteiger partial charge in [-0.3, -0.25) is 4.79 Å². The van der Waals surface area contributed by atoms with Crippen molar-refractivity contribution in [2.75, 3.05) is 13.1 Å². The van der Waals surface area contributed by atoms with E-state index in [1.165, 1.54) is 24.3 Å². The van der Waals surface area contributed by atoms with Crippen molar-refractivity contribution in [3.8, 4) is 5.75 Å². The molecule has 2 aromatic rings. The van der Waals surface area contributed by atoms with Crippen LogP contribution in [0.4, 0.5) is 4.39 Å². The summed E-state index contributed by atoms with van der Waals surface area (Å²) in [6.45, 7) is 1.39. The van der Waals surface area contributed by atoms with Gasteiger partial charge in [0.2, 0.25) is 0 Å². The first-order valence-electron chi connectivity index (χ1n) is 7.47. The average Bonchev–Trinajstić information content (AvgIpc) is 2.56. The first kappa shape index (κ1) is 14.6. The van der Waals surface area contributed by atoms with Crippen LogP contribution < -0.4 is 0 Å². The van der Waals surface area contributed by atoms with Gasteiger partial charge in [-0.05, 0) is 60.7 Å². The van der Waals surface area contributed by atoms with Gasteiger partial charge in [0.25, 0.3) is 5.91 Å². The molecule has 1 N–H and O–H groups in total. The molecule has 4 heteroatoms. The number of likely N-dealkylation sites (tertiary alicyclic amines) is 1. The third-order valence-corrected chi connectivity index (χ3v) is 4.24. The number of hydrogen-bond donors (Lipinski definition) is 1. The average molecular weight is 299 g/mol. The van der Waals surface area contributed by atoms with E-state index in [9.17, 15) is 14.3 Å². The van der Waals surface area contributed by atoms with E-state index in [2.05, 4.69) is 0 Å². The monoisotopic (exact) mass is 299 g/mol. The van der Waals surface area contributed by atoms with Gasteiger partial charge in [0.15, 0.2) is 0 Å². The van der Waals surface area contributed by atoms with Gasteiger partial charge in [-0.2, -0.15) is 0 Å². The van der Waals surface area contributed by atoms with Crippen LogP contribution in [0.2, 0.25) is 0 Å². The Kier molecular flexibility index (Phi) is 4.09. The van der Waals surface area contributed by atoms with Gasteiger partial charge in [0, 0.05) is 18.7 Å². The number of nitrogens with zero attached hydrogens (tertiary/aromatic N) is 1. The second-order valence-corrected chi connectivity index (χ2v) is 5.66. The van der Waals surface area contributed by atoms with Gasteiger partial charge < -0.3 is 10.0 Å². The predicted molar refractivity (Wildman–Crippen MR) is 82.4 cm³/mol. The minimum Gasteiger partial charge on any atom is -0.508 e. The van der Waals surface area contributed by atoms with Crippen LogP contribution in [0, 0.1) is 5.82 Å². The summed E-state index contributed by atoms with van der Waals surface area (Å²) in [4.78, 5) is 14.2. The molecule has 3 rings (SSSR count). The van der Waals surface area contributed by atoms with E-state index in [1.807, 2.05) is 17.0 Å². The number of hydrogen-bond acceptors (Lipinski definition) is 2. The quantitative estimate of drug-likeness (QED) is 0.921. The maximum Gasteiger partial charge on any atom is 0.253 e. The van der Waals surface area contributed by atoms with Crippen molar-refractivity contribution in [2.24, 2.45) is 0 Å². The molecule has 0 radical (unpaired) electrons. The number of amides is 1. The van der Waals surface area contributed by atoms with Crippen LogP contribution in [-0.2, 0) is 0 Å². The lowest BCUT2D eigenvalue weighted by Crippen LogP contribution is -2.37. The van der Waals surface area contributed by atoms with Crippen molar-refractivity contribution < 1.29 is 14.3 Å². The molecule has 1 aliphatic heterocycles. The molecule has 0 saturated carbocycles. The molecule has 0 spiro atoms. The molecule has 0 aliphatic carbocycles. The Morgan fingerprint density at radius 1 is 1.00 bits per heavy atom. The number of rotatable bonds is 2. The minimum atomic E-state index is -0.219. The number of aromatic hydroxyl groups is 1. The maximum absolute atomic E-state index is 13.0. The fraction of sp³-hybridized carbons (Fsp3) is 0.278. The van der Waals surface area contributed by atoms with Crippen LogP contribution >= 0.6 is 0 Å². The van der Waals surface area contributed by atoms with Crippen LogP contribution in [-0.4, -0.2) is 29.0 Å². The van der Waals surface area contributed by atoms with Crippen LogP contribution in [0.5, 0.6) is 5.75 Å². The highest BCUT2D eigenvalue weighted by Gasteiger charge is 2.24. The Morgan fingerprint density at radius 3 is 2.18 bits per heavy atom. The summed E-state index contributed by atoms with van der Waals surface area (Å²) < 4.78 is 13.0. The normalized spacial score (nSPS) is 15.8. The van der Waals surface area contributed by atoms with E-state index in [0.717, 1.165) is 18.4 Å². The molecule has 1 fully saturated rings. The lowest BCUT2D eigenvalue weighted by molar-refractivity contribution is 0.0713. The number of phenolic OH excluding ortho intramolecular Hbond substituents is 1. The maximum atomic E-state index is 13.0. The molecule has 1 saturated heterocycles. The highest BCUT2D eigenvalue weighted by atomic mass is 19.1. The summed E-state index contributed by atoms with van der Waals surface area (Å²) in [7, 11) is 0. The van der Waals surface area contributed by atoms with Gasteiger partial charge in [-0.25, -0.2) is 4.39 Å². The molecule has 1 aliphatic rings. The predicted octanol–water partition coefficient (Wildman–Crippen LogP) is 3.55. The van der Waals surface area contributed by atoms with Gasteiger partial charge in [-0.1, -0.05) is 12.1 Å². The van der Waals surface area contributed by atoms with E-state index in [1.54, 1.807) is 12.1 Å². The third-order valence-electron chi connectivity index (χ3n) is 4.24. The van der Waals surface area contributed by atoms with Crippen molar-refractivity contribution in [2.45, 2.75) is 18.8 Å². The number of benzene rings is 2. The number of piperidine rings is 1. The van der Waals surface area contributed by atoms with E-state index < -0.39 is 0 Å². The van der Waals surface area contributed by atoms with Crippen molar-refractivity contribution in [1.29, 1.82) is 0 Å². The summed E-state index contributed by atoms with van der Waals surface area (Å²) in [5, 5.41) is 9.28. The van der Waals surface area contributed by atoms with Crippen molar-refractivity contribution in [3.05, 3.63) is 65.5 Å². The van der Waals surface area contributed by atoms with Gasteiger partial charge in [-0.15, -0.1) is 0 Å². The lowest BCUT2D eigenvalue weighted by Gasteiger charge is -2.32. The molecule has 0 aromatic heterocycles. The van der Waals surface area contributed by atoms with E-state index >= 15 is 0 Å². The first-order chi connectivity index (χ1) is 10.6. The Morgan fingerprint density at radius 2 is 1.59 bits per heavy atom. The highest BCUT2D eigenvalue weighted by molar-refractivity contribution is 5.94. The molecular formula is C18H18FNO2. The fourth-order valence-corrected chi connectivity index (χ4v) is 2.94. The minimum absolute atomic E-state index is 0.00226. The SMILES string of the molecule is O=C(c1ccc(O)cc1)N1CCC(c2ccc(F)cc2)CC1. The summed E-state index contributed by atoms with van der Waals surface area (Å²) >= 11 is 0. The fourth-order valence-electron chi connectivity index (χ4n) is 2.94. The zero-order valence-electron chi connectivity index (χ0n) is 12.2. The molecule has 114 valence electrons. The van der Waals surface area contributed by atoms with Gasteiger partial charge in [0.05, 0.1) is 0 Å². The van der Waals surface area contributed by atoms with Gasteiger partial charge in [0.1, 0.15) is 11.6 Å². The molecule has 22 heavy (non-hydrogen) atoms. The lowest BCUT2D eigenvalue weighted by atomic mass is 9.89. The number of phenols is 1. The first-order valence-corrected chi connectivity index (χ1v) is 7.47. The van der Waals surface area contributed by atoms with Gasteiger partial charge >= 0.3 is 0 Å². The summed E-state index contributed by atoms with van der Waals surface area (Å²) in [6.07, 6.45) is 1.77. The second kappa shape index (κ2) is 6.18. The third kappa shape index (κ3) is 3.11. The van der Waals surface area contributed by atoms with E-state index in [4.69, 9.17) is 0 Å². The molecule has 3 nitrogen and oxygen atoms in total. The summed E-state index contributed by atoms with van der Waals surface area (Å²) in [5.74, 6) is 0.317.